The second kappa shape index (κ2) is 9.59. The Kier molecular flexibility index (Phi) is 9.87. The number of hydrogen-bond donors (Lipinski definition) is 0. The van der Waals surface area contributed by atoms with Crippen LogP contribution in [0.2, 0.25) is 0 Å². The molecular weight excluding hydrogens is 435 g/mol. The number of alkyl halides is 8. The van der Waals surface area contributed by atoms with Crippen molar-refractivity contribution in [3.8, 4) is 0 Å². The van der Waals surface area contributed by atoms with Crippen LogP contribution in [0, 0.1) is 11.8 Å². The van der Waals surface area contributed by atoms with Crippen LogP contribution in [0.5, 0.6) is 0 Å². The van der Waals surface area contributed by atoms with Gasteiger partial charge < -0.3 is 0 Å². The molecule has 0 bridgehead atoms. The van der Waals surface area contributed by atoms with Crippen molar-refractivity contribution in [1.82, 2.24) is 4.31 Å². The van der Waals surface area contributed by atoms with Gasteiger partial charge in [0.2, 0.25) is 15.5 Å². The molecule has 0 aromatic carbocycles. The second-order valence-electron chi connectivity index (χ2n) is 4.51. The van der Waals surface area contributed by atoms with E-state index in [0.29, 0.717) is 24.8 Å². The van der Waals surface area contributed by atoms with Gasteiger partial charge in [0.15, 0.2) is 4.84 Å². The van der Waals surface area contributed by atoms with E-state index in [4.69, 9.17) is 46.4 Å². The van der Waals surface area contributed by atoms with Crippen LogP contribution in [-0.2, 0) is 9.59 Å². The Bertz CT molecular complexity index is 475. The molecule has 24 heavy (non-hydrogen) atoms. The Morgan fingerprint density at radius 3 is 1.67 bits per heavy atom. The van der Waals surface area contributed by atoms with Gasteiger partial charge in [0, 0.05) is 11.9 Å². The maximum atomic E-state index is 12.1. The van der Waals surface area contributed by atoms with E-state index in [-0.39, 0.29) is 42.5 Å². The minimum absolute atomic E-state index is 0. The van der Waals surface area contributed by atoms with E-state index in [9.17, 15) is 27.2 Å². The van der Waals surface area contributed by atoms with Gasteiger partial charge in [-0.15, -0.1) is 40.8 Å². The molecule has 13 heteroatoms. The second-order valence-corrected chi connectivity index (χ2v) is 8.63. The van der Waals surface area contributed by atoms with Gasteiger partial charge in [-0.05, 0) is 12.8 Å². The number of hydrogen-bond acceptors (Lipinski definition) is 3. The summed E-state index contributed by atoms with van der Waals surface area (Å²) in [6.45, 7) is 0. The van der Waals surface area contributed by atoms with E-state index in [1.54, 1.807) is 0 Å². The summed E-state index contributed by atoms with van der Waals surface area (Å²) in [7, 11) is 0. The van der Waals surface area contributed by atoms with Crippen molar-refractivity contribution in [2.45, 2.75) is 27.8 Å². The zero-order chi connectivity index (χ0) is 18.0. The predicted molar refractivity (Wildman–Crippen MR) is 89.0 cm³/mol. The first kappa shape index (κ1) is 24.7. The molecule has 2 atom stereocenters. The van der Waals surface area contributed by atoms with Gasteiger partial charge in [0.05, 0.1) is 11.8 Å². The topological polar surface area (TPSA) is 37.4 Å². The summed E-state index contributed by atoms with van der Waals surface area (Å²) in [5, 5.41) is 0. The Balaban J connectivity index is 0.000000777. The molecule has 1 aliphatic carbocycles. The van der Waals surface area contributed by atoms with Crippen molar-refractivity contribution in [2.75, 3.05) is 0 Å². The zero-order valence-electron chi connectivity index (χ0n) is 11.0. The summed E-state index contributed by atoms with van der Waals surface area (Å²) in [5.74, 6) is -1.19. The monoisotopic (exact) mass is 443 g/mol. The van der Waals surface area contributed by atoms with Crippen molar-refractivity contribution in [2.24, 2.45) is 11.8 Å². The molecular formula is C11H10Cl4F4LiNO2S. The Morgan fingerprint density at radius 2 is 1.38 bits per heavy atom. The number of carbonyl (C=O) groups is 2. The standard InChI is InChI=1S/C10H9Cl4NO2S.CF4.Li.H/c11-9(12)10(13,14)18-15-7(16)5-3-1-2-4-6(5)8(15)17;2-1(3,4)5;;/h1-2,5-6,9H,3-4H2;;;. The molecule has 0 radical (unpaired) electrons. The molecule has 1 saturated heterocycles. The molecule has 1 aliphatic heterocycles. The number of imide groups is 1. The first-order valence-corrected chi connectivity index (χ1v) is 8.38. The summed E-state index contributed by atoms with van der Waals surface area (Å²) in [6.07, 6.45) is -0.563. The van der Waals surface area contributed by atoms with E-state index in [0.717, 1.165) is 4.31 Å². The molecule has 2 amide bonds. The van der Waals surface area contributed by atoms with Crippen LogP contribution in [0.15, 0.2) is 12.2 Å². The number of nitrogens with zero attached hydrogens (tertiary/aromatic N) is 1. The molecule has 0 aromatic heterocycles. The van der Waals surface area contributed by atoms with Gasteiger partial charge in [-0.25, -0.2) is 4.31 Å². The van der Waals surface area contributed by atoms with E-state index in [1.807, 2.05) is 12.2 Å². The molecule has 1 fully saturated rings. The molecule has 1 heterocycles. The normalized spacial score (nSPS) is 23.6. The van der Waals surface area contributed by atoms with E-state index in [1.165, 1.54) is 0 Å². The number of halogens is 8. The van der Waals surface area contributed by atoms with Gasteiger partial charge >= 0.3 is 25.3 Å². The molecule has 134 valence electrons. The molecule has 3 nitrogen and oxygen atoms in total. The average Bonchev–Trinajstić information content (AvgIpc) is 2.62. The van der Waals surface area contributed by atoms with E-state index in [2.05, 4.69) is 0 Å². The maximum absolute atomic E-state index is 12.1. The third-order valence-electron chi connectivity index (χ3n) is 2.93. The van der Waals surface area contributed by atoms with Gasteiger partial charge in [-0.1, -0.05) is 35.4 Å². The molecule has 2 unspecified atom stereocenters. The summed E-state index contributed by atoms with van der Waals surface area (Å²) < 4.78 is 38.1. The summed E-state index contributed by atoms with van der Waals surface area (Å²) in [5.41, 5.74) is 0. The number of rotatable bonds is 3. The van der Waals surface area contributed by atoms with Crippen LogP contribution in [0.1, 0.15) is 12.8 Å². The van der Waals surface area contributed by atoms with Crippen LogP contribution >= 0.6 is 58.4 Å². The quantitative estimate of drug-likeness (QED) is 0.162. The van der Waals surface area contributed by atoms with Crippen LogP contribution in [0.3, 0.4) is 0 Å². The molecule has 2 aliphatic rings. The molecule has 0 aromatic rings. The summed E-state index contributed by atoms with van der Waals surface area (Å²) in [6, 6.07) is 0. The zero-order valence-corrected chi connectivity index (χ0v) is 14.8. The number of carbonyl (C=O) groups excluding carboxylic acids is 2. The first-order valence-electron chi connectivity index (χ1n) is 5.98. The van der Waals surface area contributed by atoms with Crippen LogP contribution < -0.4 is 0 Å². The Labute approximate surface area is 171 Å². The first-order chi connectivity index (χ1) is 10.3. The number of amides is 2. The van der Waals surface area contributed by atoms with Crippen molar-refractivity contribution in [3.63, 3.8) is 0 Å². The van der Waals surface area contributed by atoms with Crippen LogP contribution in [0.25, 0.3) is 0 Å². The SMILES string of the molecule is FC(F)(F)F.O=C1C2CC=CCC2C(=O)N1SC(Cl)(Cl)C(Cl)Cl.[LiH]. The number of allylic oxidation sites excluding steroid dienone is 2. The van der Waals surface area contributed by atoms with Gasteiger partial charge in [-0.3, -0.25) is 9.59 Å². The van der Waals surface area contributed by atoms with Crippen molar-refractivity contribution in [3.05, 3.63) is 12.2 Å². The van der Waals surface area contributed by atoms with Crippen molar-refractivity contribution in [1.29, 1.82) is 0 Å². The van der Waals surface area contributed by atoms with Gasteiger partial charge in [-0.2, -0.15) is 0 Å². The third-order valence-corrected chi connectivity index (χ3v) is 6.17. The van der Waals surface area contributed by atoms with Gasteiger partial charge in [0.25, 0.3) is 0 Å². The number of fused-ring (bicyclic) bond motifs is 1. The third kappa shape index (κ3) is 7.14. The molecule has 0 N–H and O–H groups in total. The van der Waals surface area contributed by atoms with Crippen LogP contribution in [-0.4, -0.2) is 49.9 Å². The fourth-order valence-electron chi connectivity index (χ4n) is 2.02. The Morgan fingerprint density at radius 1 is 1.04 bits per heavy atom. The fraction of sp³-hybridized carbons (Fsp3) is 0.636. The van der Waals surface area contributed by atoms with Crippen molar-refractivity contribution >= 4 is 89.0 Å². The van der Waals surface area contributed by atoms with E-state index < -0.39 is 14.9 Å². The average molecular weight is 445 g/mol. The molecule has 0 saturated carbocycles. The van der Waals surface area contributed by atoms with Crippen molar-refractivity contribution < 1.29 is 27.2 Å². The molecule has 2 rings (SSSR count). The summed E-state index contributed by atoms with van der Waals surface area (Å²) >= 11 is 23.7. The predicted octanol–water partition coefficient (Wildman–Crippen LogP) is 4.35. The fourth-order valence-corrected chi connectivity index (χ4v) is 3.45. The van der Waals surface area contributed by atoms with Gasteiger partial charge in [0.1, 0.15) is 0 Å². The molecule has 0 spiro atoms. The summed E-state index contributed by atoms with van der Waals surface area (Å²) in [4.78, 5) is 23.1. The van der Waals surface area contributed by atoms with E-state index >= 15 is 0 Å². The minimum atomic E-state index is -5.50. The van der Waals surface area contributed by atoms with Crippen LogP contribution in [0.4, 0.5) is 17.6 Å². The Hall–Kier alpha value is 0.707.